The monoisotopic (exact) mass is 294 g/mol. The number of hydrogen-bond donors (Lipinski definition) is 1. The molecular weight excluding hydrogens is 276 g/mol. The zero-order chi connectivity index (χ0) is 15.9. The van der Waals surface area contributed by atoms with Crippen molar-refractivity contribution in [3.05, 3.63) is 59.2 Å². The number of hydrogen-bond acceptors (Lipinski definition) is 3. The average Bonchev–Trinajstić information content (AvgIpc) is 2.46. The maximum absolute atomic E-state index is 11.9. The van der Waals surface area contributed by atoms with Crippen LogP contribution in [0.25, 0.3) is 0 Å². The third-order valence-corrected chi connectivity index (χ3v) is 3.11. The Kier molecular flexibility index (Phi) is 5.16. The van der Waals surface area contributed by atoms with Crippen molar-refractivity contribution in [3.8, 4) is 11.8 Å². The summed E-state index contributed by atoms with van der Waals surface area (Å²) in [7, 11) is 0. The molecular formula is C18H18N2O2. The van der Waals surface area contributed by atoms with Crippen LogP contribution in [-0.4, -0.2) is 12.5 Å². The molecule has 0 bridgehead atoms. The fourth-order valence-corrected chi connectivity index (χ4v) is 2.18. The van der Waals surface area contributed by atoms with Gasteiger partial charge in [0.05, 0.1) is 24.3 Å². The van der Waals surface area contributed by atoms with Crippen LogP contribution in [0.15, 0.2) is 42.5 Å². The van der Waals surface area contributed by atoms with Crippen molar-refractivity contribution in [2.24, 2.45) is 0 Å². The number of para-hydroxylation sites is 1. The van der Waals surface area contributed by atoms with Gasteiger partial charge < -0.3 is 10.1 Å². The summed E-state index contributed by atoms with van der Waals surface area (Å²) in [4.78, 5) is 11.9. The topological polar surface area (TPSA) is 62.1 Å². The highest BCUT2D eigenvalue weighted by atomic mass is 16.5. The quantitative estimate of drug-likeness (QED) is 0.916. The highest BCUT2D eigenvalue weighted by Crippen LogP contribution is 2.17. The van der Waals surface area contributed by atoms with Crippen molar-refractivity contribution in [2.45, 2.75) is 20.3 Å². The maximum atomic E-state index is 11.9. The van der Waals surface area contributed by atoms with Crippen LogP contribution in [0.5, 0.6) is 5.75 Å². The number of rotatable bonds is 5. The summed E-state index contributed by atoms with van der Waals surface area (Å²) in [6.07, 6.45) is 0.229. The number of aryl methyl sites for hydroxylation is 2. The van der Waals surface area contributed by atoms with E-state index in [1.54, 1.807) is 24.3 Å². The van der Waals surface area contributed by atoms with Crippen molar-refractivity contribution in [3.63, 3.8) is 0 Å². The summed E-state index contributed by atoms with van der Waals surface area (Å²) in [6.45, 7) is 4.31. The fourth-order valence-electron chi connectivity index (χ4n) is 2.18. The van der Waals surface area contributed by atoms with Crippen LogP contribution in [-0.2, 0) is 4.79 Å². The first-order valence-electron chi connectivity index (χ1n) is 7.08. The Balaban J connectivity index is 1.87. The molecule has 4 heteroatoms. The summed E-state index contributed by atoms with van der Waals surface area (Å²) in [5.41, 5.74) is 3.23. The number of carbonyl (C=O) groups is 1. The predicted octanol–water partition coefficient (Wildman–Crippen LogP) is 3.58. The van der Waals surface area contributed by atoms with Gasteiger partial charge in [-0.1, -0.05) is 18.2 Å². The van der Waals surface area contributed by atoms with Crippen molar-refractivity contribution < 1.29 is 9.53 Å². The molecule has 0 aliphatic carbocycles. The highest BCUT2D eigenvalue weighted by molar-refractivity contribution is 5.92. The van der Waals surface area contributed by atoms with E-state index in [-0.39, 0.29) is 12.3 Å². The molecule has 112 valence electrons. The molecule has 0 unspecified atom stereocenters. The first-order chi connectivity index (χ1) is 10.6. The molecule has 0 aromatic heterocycles. The number of anilines is 1. The molecule has 1 amide bonds. The van der Waals surface area contributed by atoms with Crippen molar-refractivity contribution >= 4 is 11.6 Å². The number of nitrogens with one attached hydrogen (secondary N) is 1. The number of nitriles is 1. The van der Waals surface area contributed by atoms with Gasteiger partial charge in [-0.05, 0) is 49.2 Å². The minimum atomic E-state index is -0.174. The van der Waals surface area contributed by atoms with Gasteiger partial charge >= 0.3 is 0 Å². The van der Waals surface area contributed by atoms with Gasteiger partial charge in [-0.2, -0.15) is 5.26 Å². The molecule has 2 aromatic carbocycles. The molecule has 0 fully saturated rings. The van der Waals surface area contributed by atoms with E-state index in [1.807, 2.05) is 32.0 Å². The lowest BCUT2D eigenvalue weighted by molar-refractivity contribution is -0.116. The first kappa shape index (κ1) is 15.6. The Morgan fingerprint density at radius 1 is 1.18 bits per heavy atom. The number of ether oxygens (including phenoxy) is 1. The second-order valence-corrected chi connectivity index (χ2v) is 5.13. The van der Waals surface area contributed by atoms with Gasteiger partial charge in [-0.3, -0.25) is 4.79 Å². The minimum absolute atomic E-state index is 0.174. The first-order valence-corrected chi connectivity index (χ1v) is 7.08. The lowest BCUT2D eigenvalue weighted by Crippen LogP contribution is -2.15. The summed E-state index contributed by atoms with van der Waals surface area (Å²) in [6, 6.07) is 14.9. The van der Waals surface area contributed by atoms with E-state index in [2.05, 4.69) is 11.4 Å². The second kappa shape index (κ2) is 7.28. The number of benzene rings is 2. The third kappa shape index (κ3) is 4.35. The van der Waals surface area contributed by atoms with Crippen LogP contribution >= 0.6 is 0 Å². The van der Waals surface area contributed by atoms with E-state index in [0.29, 0.717) is 17.9 Å². The van der Waals surface area contributed by atoms with Gasteiger partial charge in [-0.15, -0.1) is 0 Å². The number of carbonyl (C=O) groups excluding carboxylic acids is 1. The van der Waals surface area contributed by atoms with Gasteiger partial charge in [0.25, 0.3) is 0 Å². The molecule has 2 aromatic rings. The maximum Gasteiger partial charge on any atom is 0.227 e. The molecule has 1 N–H and O–H groups in total. The van der Waals surface area contributed by atoms with E-state index in [0.717, 1.165) is 16.9 Å². The van der Waals surface area contributed by atoms with Crippen LogP contribution in [0, 0.1) is 25.2 Å². The van der Waals surface area contributed by atoms with Crippen molar-refractivity contribution in [1.82, 2.24) is 0 Å². The van der Waals surface area contributed by atoms with Crippen molar-refractivity contribution in [1.29, 1.82) is 5.26 Å². The van der Waals surface area contributed by atoms with Gasteiger partial charge in [0.1, 0.15) is 11.8 Å². The van der Waals surface area contributed by atoms with Crippen LogP contribution in [0.4, 0.5) is 5.69 Å². The predicted molar refractivity (Wildman–Crippen MR) is 85.8 cm³/mol. The Hall–Kier alpha value is -2.80. The van der Waals surface area contributed by atoms with Crippen LogP contribution in [0.2, 0.25) is 0 Å². The normalized spacial score (nSPS) is 9.86. The van der Waals surface area contributed by atoms with Gasteiger partial charge in [0, 0.05) is 0 Å². The second-order valence-electron chi connectivity index (χ2n) is 5.13. The van der Waals surface area contributed by atoms with E-state index in [1.165, 1.54) is 0 Å². The minimum Gasteiger partial charge on any atom is -0.493 e. The Bertz CT molecular complexity index is 697. The van der Waals surface area contributed by atoms with E-state index < -0.39 is 0 Å². The molecule has 0 spiro atoms. The molecule has 0 radical (unpaired) electrons. The summed E-state index contributed by atoms with van der Waals surface area (Å²) in [5.74, 6) is 0.592. The summed E-state index contributed by atoms with van der Waals surface area (Å²) >= 11 is 0. The summed E-state index contributed by atoms with van der Waals surface area (Å²) < 4.78 is 5.61. The van der Waals surface area contributed by atoms with E-state index in [9.17, 15) is 4.79 Å². The molecule has 0 atom stereocenters. The smallest absolute Gasteiger partial charge is 0.227 e. The van der Waals surface area contributed by atoms with E-state index in [4.69, 9.17) is 10.00 Å². The Morgan fingerprint density at radius 2 is 1.86 bits per heavy atom. The van der Waals surface area contributed by atoms with Crippen LogP contribution in [0.3, 0.4) is 0 Å². The molecule has 0 saturated heterocycles. The molecule has 0 aliphatic rings. The Morgan fingerprint density at radius 3 is 2.55 bits per heavy atom. The van der Waals surface area contributed by atoms with Crippen LogP contribution in [0.1, 0.15) is 23.1 Å². The molecule has 0 aliphatic heterocycles. The molecule has 4 nitrogen and oxygen atoms in total. The zero-order valence-corrected chi connectivity index (χ0v) is 12.7. The number of amides is 1. The lowest BCUT2D eigenvalue weighted by Gasteiger charge is -2.09. The molecule has 0 heterocycles. The number of nitrogens with zero attached hydrogens (tertiary/aromatic N) is 1. The van der Waals surface area contributed by atoms with Crippen LogP contribution < -0.4 is 10.1 Å². The fraction of sp³-hybridized carbons (Fsp3) is 0.222. The molecule has 0 saturated carbocycles. The standard InChI is InChI=1S/C18H18N2O2/c1-13-9-14(2)11-16(10-13)22-8-7-18(21)20-17-6-4-3-5-15(17)12-19/h3-6,9-11H,7-8H2,1-2H3,(H,20,21). The van der Waals surface area contributed by atoms with E-state index >= 15 is 0 Å². The largest absolute Gasteiger partial charge is 0.493 e. The zero-order valence-electron chi connectivity index (χ0n) is 12.7. The van der Waals surface area contributed by atoms with Crippen molar-refractivity contribution in [2.75, 3.05) is 11.9 Å². The SMILES string of the molecule is Cc1cc(C)cc(OCCC(=O)Nc2ccccc2C#N)c1. The van der Waals surface area contributed by atoms with Gasteiger partial charge in [0.2, 0.25) is 5.91 Å². The average molecular weight is 294 g/mol. The molecule has 2 rings (SSSR count). The molecule has 22 heavy (non-hydrogen) atoms. The highest BCUT2D eigenvalue weighted by Gasteiger charge is 2.06. The third-order valence-electron chi connectivity index (χ3n) is 3.11. The Labute approximate surface area is 130 Å². The van der Waals surface area contributed by atoms with Gasteiger partial charge in [0.15, 0.2) is 0 Å². The lowest BCUT2D eigenvalue weighted by atomic mass is 10.1. The summed E-state index contributed by atoms with van der Waals surface area (Å²) in [5, 5.41) is 11.7. The van der Waals surface area contributed by atoms with Gasteiger partial charge in [-0.25, -0.2) is 0 Å².